The normalized spacial score (nSPS) is 10.3. The van der Waals surface area contributed by atoms with Crippen LogP contribution >= 0.6 is 0 Å². The first-order valence-corrected chi connectivity index (χ1v) is 7.68. The zero-order valence-electron chi connectivity index (χ0n) is 13.4. The molecule has 0 fully saturated rings. The van der Waals surface area contributed by atoms with Crippen LogP contribution in [-0.2, 0) is 0 Å². The smallest absolute Gasteiger partial charge is 0.337 e. The molecule has 0 aliphatic rings. The highest BCUT2D eigenvalue weighted by atomic mass is 19.1. The Morgan fingerprint density at radius 2 is 1.42 bits per heavy atom. The van der Waals surface area contributed by atoms with Gasteiger partial charge in [0.1, 0.15) is 11.6 Å². The van der Waals surface area contributed by atoms with Gasteiger partial charge >= 0.3 is 5.97 Å². The molecule has 5 nitrogen and oxygen atoms in total. The first-order valence-electron chi connectivity index (χ1n) is 7.68. The van der Waals surface area contributed by atoms with E-state index in [0.717, 1.165) is 17.2 Å². The van der Waals surface area contributed by atoms with Gasteiger partial charge in [-0.2, -0.15) is 0 Å². The molecule has 26 heavy (non-hydrogen) atoms. The van der Waals surface area contributed by atoms with Crippen LogP contribution in [0.25, 0.3) is 11.1 Å². The standard InChI is InChI=1S/C20H14FNO4/c21-15-7-5-13(6-8-15)12-1-3-14(4-2-12)19(24)22-18-10-9-16(23)11-17(18)20(25)26/h1-11,23H,(H,22,24)(H,25,26). The summed E-state index contributed by atoms with van der Waals surface area (Å²) in [6, 6.07) is 16.3. The molecule has 0 spiro atoms. The number of anilines is 1. The lowest BCUT2D eigenvalue weighted by Crippen LogP contribution is -2.14. The highest BCUT2D eigenvalue weighted by Crippen LogP contribution is 2.23. The summed E-state index contributed by atoms with van der Waals surface area (Å²) >= 11 is 0. The van der Waals surface area contributed by atoms with E-state index < -0.39 is 11.9 Å². The van der Waals surface area contributed by atoms with E-state index in [-0.39, 0.29) is 22.8 Å². The number of amides is 1. The van der Waals surface area contributed by atoms with E-state index in [4.69, 9.17) is 5.11 Å². The molecule has 6 heteroatoms. The molecule has 0 radical (unpaired) electrons. The third kappa shape index (κ3) is 3.70. The number of benzene rings is 3. The number of phenolic OH excluding ortho intramolecular Hbond substituents is 1. The van der Waals surface area contributed by atoms with Crippen molar-refractivity contribution >= 4 is 17.6 Å². The highest BCUT2D eigenvalue weighted by molar-refractivity contribution is 6.08. The largest absolute Gasteiger partial charge is 0.508 e. The number of aromatic carboxylic acids is 1. The van der Waals surface area contributed by atoms with Crippen molar-refractivity contribution in [2.75, 3.05) is 5.32 Å². The molecule has 3 N–H and O–H groups in total. The molecule has 0 aromatic heterocycles. The maximum atomic E-state index is 13.0. The summed E-state index contributed by atoms with van der Waals surface area (Å²) in [7, 11) is 0. The Hall–Kier alpha value is -3.67. The lowest BCUT2D eigenvalue weighted by Gasteiger charge is -2.09. The van der Waals surface area contributed by atoms with Crippen molar-refractivity contribution in [3.8, 4) is 16.9 Å². The lowest BCUT2D eigenvalue weighted by atomic mass is 10.0. The number of hydrogen-bond donors (Lipinski definition) is 3. The Balaban J connectivity index is 1.81. The fourth-order valence-corrected chi connectivity index (χ4v) is 2.47. The van der Waals surface area contributed by atoms with Crippen molar-refractivity contribution in [3.63, 3.8) is 0 Å². The SMILES string of the molecule is O=C(Nc1ccc(O)cc1C(=O)O)c1ccc(-c2ccc(F)cc2)cc1. The van der Waals surface area contributed by atoms with Crippen molar-refractivity contribution < 1.29 is 24.2 Å². The summed E-state index contributed by atoms with van der Waals surface area (Å²) in [5.74, 6) is -2.27. The van der Waals surface area contributed by atoms with E-state index in [2.05, 4.69) is 5.32 Å². The van der Waals surface area contributed by atoms with Crippen molar-refractivity contribution in [3.05, 3.63) is 83.7 Å². The minimum absolute atomic E-state index is 0.0860. The molecule has 0 saturated carbocycles. The van der Waals surface area contributed by atoms with Gasteiger partial charge in [-0.25, -0.2) is 9.18 Å². The minimum Gasteiger partial charge on any atom is -0.508 e. The molecule has 3 aromatic carbocycles. The fourth-order valence-electron chi connectivity index (χ4n) is 2.47. The second kappa shape index (κ2) is 7.06. The van der Waals surface area contributed by atoms with Crippen LogP contribution in [0.2, 0.25) is 0 Å². The van der Waals surface area contributed by atoms with Crippen LogP contribution in [0.4, 0.5) is 10.1 Å². The molecule has 0 atom stereocenters. The summed E-state index contributed by atoms with van der Waals surface area (Å²) in [5.41, 5.74) is 1.84. The van der Waals surface area contributed by atoms with Crippen LogP contribution in [-0.4, -0.2) is 22.1 Å². The average Bonchev–Trinajstić information content (AvgIpc) is 2.64. The van der Waals surface area contributed by atoms with E-state index in [0.29, 0.717) is 5.56 Å². The Morgan fingerprint density at radius 1 is 0.846 bits per heavy atom. The number of carbonyl (C=O) groups excluding carboxylic acids is 1. The van der Waals surface area contributed by atoms with Crippen molar-refractivity contribution in [1.82, 2.24) is 0 Å². The van der Waals surface area contributed by atoms with Crippen molar-refractivity contribution in [1.29, 1.82) is 0 Å². The molecular weight excluding hydrogens is 337 g/mol. The van der Waals surface area contributed by atoms with Gasteiger partial charge < -0.3 is 15.5 Å². The van der Waals surface area contributed by atoms with Crippen molar-refractivity contribution in [2.24, 2.45) is 0 Å². The lowest BCUT2D eigenvalue weighted by molar-refractivity contribution is 0.0697. The zero-order valence-corrected chi connectivity index (χ0v) is 13.4. The molecular formula is C20H14FNO4. The van der Waals surface area contributed by atoms with Crippen LogP contribution in [0, 0.1) is 5.82 Å². The van der Waals surface area contributed by atoms with E-state index in [9.17, 15) is 19.1 Å². The quantitative estimate of drug-likeness (QED) is 0.616. The molecule has 0 heterocycles. The predicted octanol–water partition coefficient (Wildman–Crippen LogP) is 4.15. The molecule has 0 bridgehead atoms. The number of rotatable bonds is 4. The number of carboxylic acid groups (broad SMARTS) is 1. The monoisotopic (exact) mass is 351 g/mol. The molecule has 0 aliphatic heterocycles. The van der Waals surface area contributed by atoms with E-state index in [1.807, 2.05) is 0 Å². The molecule has 0 aliphatic carbocycles. The highest BCUT2D eigenvalue weighted by Gasteiger charge is 2.14. The Morgan fingerprint density at radius 3 is 2.00 bits per heavy atom. The number of phenols is 1. The van der Waals surface area contributed by atoms with Crippen molar-refractivity contribution in [2.45, 2.75) is 0 Å². The second-order valence-corrected chi connectivity index (χ2v) is 5.57. The van der Waals surface area contributed by atoms with Gasteiger partial charge in [0.2, 0.25) is 0 Å². The third-order valence-corrected chi connectivity index (χ3v) is 3.81. The second-order valence-electron chi connectivity index (χ2n) is 5.57. The topological polar surface area (TPSA) is 86.6 Å². The predicted molar refractivity (Wildman–Crippen MR) is 94.9 cm³/mol. The van der Waals surface area contributed by atoms with E-state index in [1.165, 1.54) is 24.3 Å². The Bertz CT molecular complexity index is 966. The van der Waals surface area contributed by atoms with Crippen LogP contribution in [0.15, 0.2) is 66.7 Å². The number of carboxylic acids is 1. The minimum atomic E-state index is -1.26. The van der Waals surface area contributed by atoms with Crippen LogP contribution < -0.4 is 5.32 Å². The summed E-state index contributed by atoms with van der Waals surface area (Å²) in [4.78, 5) is 23.6. The van der Waals surface area contributed by atoms with Crippen LogP contribution in [0.5, 0.6) is 5.75 Å². The first-order chi connectivity index (χ1) is 12.4. The van der Waals surface area contributed by atoms with E-state index >= 15 is 0 Å². The van der Waals surface area contributed by atoms with E-state index in [1.54, 1.807) is 36.4 Å². The number of halogens is 1. The maximum absolute atomic E-state index is 13.0. The van der Waals surface area contributed by atoms with Gasteiger partial charge in [-0.05, 0) is 53.6 Å². The average molecular weight is 351 g/mol. The Kier molecular flexibility index (Phi) is 4.66. The number of aromatic hydroxyl groups is 1. The van der Waals surface area contributed by atoms with Gasteiger partial charge in [0, 0.05) is 5.56 Å². The van der Waals surface area contributed by atoms with Gasteiger partial charge in [0.25, 0.3) is 5.91 Å². The van der Waals surface area contributed by atoms with Gasteiger partial charge in [-0.1, -0.05) is 24.3 Å². The molecule has 1 amide bonds. The number of hydrogen-bond acceptors (Lipinski definition) is 3. The number of carbonyl (C=O) groups is 2. The molecule has 0 unspecified atom stereocenters. The van der Waals surface area contributed by atoms with Crippen LogP contribution in [0.1, 0.15) is 20.7 Å². The Labute approximate surface area is 148 Å². The van der Waals surface area contributed by atoms with Gasteiger partial charge in [-0.3, -0.25) is 4.79 Å². The fraction of sp³-hybridized carbons (Fsp3) is 0. The van der Waals surface area contributed by atoms with Gasteiger partial charge in [0.05, 0.1) is 11.3 Å². The first kappa shape index (κ1) is 17.2. The molecule has 3 rings (SSSR count). The third-order valence-electron chi connectivity index (χ3n) is 3.81. The van der Waals surface area contributed by atoms with Gasteiger partial charge in [0.15, 0.2) is 0 Å². The molecule has 0 saturated heterocycles. The van der Waals surface area contributed by atoms with Crippen LogP contribution in [0.3, 0.4) is 0 Å². The summed E-state index contributed by atoms with van der Waals surface area (Å²) in [5, 5.41) is 21.1. The zero-order chi connectivity index (χ0) is 18.7. The summed E-state index contributed by atoms with van der Waals surface area (Å²) in [6.45, 7) is 0. The van der Waals surface area contributed by atoms with Gasteiger partial charge in [-0.15, -0.1) is 0 Å². The number of nitrogens with one attached hydrogen (secondary N) is 1. The maximum Gasteiger partial charge on any atom is 0.337 e. The molecule has 3 aromatic rings. The summed E-state index contributed by atoms with van der Waals surface area (Å²) in [6.07, 6.45) is 0. The molecule has 130 valence electrons. The summed E-state index contributed by atoms with van der Waals surface area (Å²) < 4.78 is 13.0.